The second kappa shape index (κ2) is 7.15. The van der Waals surface area contributed by atoms with E-state index in [1.807, 2.05) is 42.5 Å². The van der Waals surface area contributed by atoms with Crippen LogP contribution in [0.25, 0.3) is 0 Å². The molecule has 0 atom stereocenters. The second-order valence-electron chi connectivity index (χ2n) is 4.83. The molecule has 0 saturated carbocycles. The van der Waals surface area contributed by atoms with E-state index in [9.17, 15) is 9.18 Å². The van der Waals surface area contributed by atoms with Gasteiger partial charge in [-0.05, 0) is 90.1 Å². The molecular formula is C16H14FIN2OS. The van der Waals surface area contributed by atoms with Crippen LogP contribution < -0.4 is 10.6 Å². The van der Waals surface area contributed by atoms with Gasteiger partial charge in [-0.1, -0.05) is 6.07 Å². The summed E-state index contributed by atoms with van der Waals surface area (Å²) in [5, 5.41) is 5.29. The van der Waals surface area contributed by atoms with Crippen molar-refractivity contribution >= 4 is 51.5 Å². The SMILES string of the molecule is Cc1ccc(C(=O)NC(=S)Nc2ccc(I)cc2F)cc1C. The van der Waals surface area contributed by atoms with Gasteiger partial charge in [0.25, 0.3) is 5.91 Å². The fourth-order valence-corrected chi connectivity index (χ4v) is 2.46. The molecule has 0 bridgehead atoms. The molecule has 0 aliphatic carbocycles. The lowest BCUT2D eigenvalue weighted by Crippen LogP contribution is -2.34. The molecule has 0 heterocycles. The van der Waals surface area contributed by atoms with E-state index >= 15 is 0 Å². The molecule has 1 amide bonds. The van der Waals surface area contributed by atoms with Crippen molar-refractivity contribution in [3.63, 3.8) is 0 Å². The van der Waals surface area contributed by atoms with Crippen molar-refractivity contribution < 1.29 is 9.18 Å². The molecule has 0 unspecified atom stereocenters. The number of hydrogen-bond donors (Lipinski definition) is 2. The predicted octanol–water partition coefficient (Wildman–Crippen LogP) is 4.17. The Morgan fingerprint density at radius 2 is 1.86 bits per heavy atom. The Morgan fingerprint density at radius 3 is 2.50 bits per heavy atom. The number of rotatable bonds is 2. The maximum absolute atomic E-state index is 13.7. The van der Waals surface area contributed by atoms with Gasteiger partial charge in [0.15, 0.2) is 5.11 Å². The van der Waals surface area contributed by atoms with Gasteiger partial charge in [0.05, 0.1) is 5.69 Å². The third-order valence-corrected chi connectivity index (χ3v) is 4.05. The maximum Gasteiger partial charge on any atom is 0.257 e. The lowest BCUT2D eigenvalue weighted by molar-refractivity contribution is 0.0977. The Labute approximate surface area is 147 Å². The highest BCUT2D eigenvalue weighted by Gasteiger charge is 2.10. The van der Waals surface area contributed by atoms with Crippen LogP contribution in [0.2, 0.25) is 0 Å². The summed E-state index contributed by atoms with van der Waals surface area (Å²) in [6.45, 7) is 3.91. The molecule has 0 aliphatic heterocycles. The number of thiocarbonyl (C=S) groups is 1. The Balaban J connectivity index is 2.05. The molecule has 114 valence electrons. The summed E-state index contributed by atoms with van der Waals surface area (Å²) < 4.78 is 14.5. The summed E-state index contributed by atoms with van der Waals surface area (Å²) in [6, 6.07) is 10.1. The highest BCUT2D eigenvalue weighted by molar-refractivity contribution is 14.1. The number of anilines is 1. The molecular weight excluding hydrogens is 414 g/mol. The van der Waals surface area contributed by atoms with E-state index in [4.69, 9.17) is 12.2 Å². The van der Waals surface area contributed by atoms with E-state index in [-0.39, 0.29) is 16.7 Å². The van der Waals surface area contributed by atoms with Crippen LogP contribution in [0.5, 0.6) is 0 Å². The first-order valence-electron chi connectivity index (χ1n) is 6.51. The zero-order valence-electron chi connectivity index (χ0n) is 12.0. The summed E-state index contributed by atoms with van der Waals surface area (Å²) in [4.78, 5) is 12.1. The monoisotopic (exact) mass is 428 g/mol. The van der Waals surface area contributed by atoms with E-state index < -0.39 is 5.82 Å². The molecule has 0 saturated heterocycles. The molecule has 3 nitrogen and oxygen atoms in total. The summed E-state index contributed by atoms with van der Waals surface area (Å²) in [5.74, 6) is -0.749. The van der Waals surface area contributed by atoms with Crippen molar-refractivity contribution in [2.75, 3.05) is 5.32 Å². The average Bonchev–Trinajstić information content (AvgIpc) is 2.45. The Bertz CT molecular complexity index is 749. The molecule has 0 aliphatic rings. The van der Waals surface area contributed by atoms with Crippen molar-refractivity contribution in [3.8, 4) is 0 Å². The van der Waals surface area contributed by atoms with Gasteiger partial charge in [0, 0.05) is 9.13 Å². The minimum absolute atomic E-state index is 0.0586. The molecule has 2 N–H and O–H groups in total. The van der Waals surface area contributed by atoms with Crippen LogP contribution in [0, 0.1) is 23.2 Å². The first kappa shape index (κ1) is 16.8. The number of amides is 1. The standard InChI is InChI=1S/C16H14FIN2OS/c1-9-3-4-11(7-10(9)2)15(21)20-16(22)19-14-6-5-12(18)8-13(14)17/h3-8H,1-2H3,(H2,19,20,21,22). The Kier molecular flexibility index (Phi) is 5.47. The number of aryl methyl sites for hydroxylation is 2. The number of carbonyl (C=O) groups excluding carboxylic acids is 1. The Morgan fingerprint density at radius 1 is 1.14 bits per heavy atom. The van der Waals surface area contributed by atoms with Crippen molar-refractivity contribution in [2.24, 2.45) is 0 Å². The van der Waals surface area contributed by atoms with E-state index in [1.165, 1.54) is 6.07 Å². The lowest BCUT2D eigenvalue weighted by Gasteiger charge is -2.11. The van der Waals surface area contributed by atoms with Gasteiger partial charge in [0.1, 0.15) is 5.82 Å². The van der Waals surface area contributed by atoms with Crippen LogP contribution in [0.1, 0.15) is 21.5 Å². The molecule has 0 fully saturated rings. The molecule has 2 aromatic carbocycles. The molecule has 6 heteroatoms. The average molecular weight is 428 g/mol. The zero-order chi connectivity index (χ0) is 16.3. The van der Waals surface area contributed by atoms with E-state index in [2.05, 4.69) is 10.6 Å². The van der Waals surface area contributed by atoms with Crippen LogP contribution in [0.4, 0.5) is 10.1 Å². The zero-order valence-corrected chi connectivity index (χ0v) is 15.0. The van der Waals surface area contributed by atoms with Crippen LogP contribution in [-0.4, -0.2) is 11.0 Å². The first-order chi connectivity index (χ1) is 10.4. The molecule has 0 spiro atoms. The molecule has 0 radical (unpaired) electrons. The summed E-state index contributed by atoms with van der Waals surface area (Å²) in [7, 11) is 0. The van der Waals surface area contributed by atoms with Gasteiger partial charge >= 0.3 is 0 Å². The lowest BCUT2D eigenvalue weighted by atomic mass is 10.1. The van der Waals surface area contributed by atoms with Crippen LogP contribution in [-0.2, 0) is 0 Å². The van der Waals surface area contributed by atoms with E-state index in [1.54, 1.807) is 24.3 Å². The van der Waals surface area contributed by atoms with Crippen molar-refractivity contribution in [1.29, 1.82) is 0 Å². The van der Waals surface area contributed by atoms with Gasteiger partial charge in [-0.15, -0.1) is 0 Å². The van der Waals surface area contributed by atoms with Crippen molar-refractivity contribution in [1.82, 2.24) is 5.32 Å². The fraction of sp³-hybridized carbons (Fsp3) is 0.125. The predicted molar refractivity (Wildman–Crippen MR) is 98.7 cm³/mol. The molecule has 2 aromatic rings. The topological polar surface area (TPSA) is 41.1 Å². The van der Waals surface area contributed by atoms with Crippen molar-refractivity contribution in [2.45, 2.75) is 13.8 Å². The third kappa shape index (κ3) is 4.23. The van der Waals surface area contributed by atoms with Gasteiger partial charge < -0.3 is 5.32 Å². The van der Waals surface area contributed by atoms with Gasteiger partial charge in [0.2, 0.25) is 0 Å². The summed E-state index contributed by atoms with van der Waals surface area (Å²) in [5.41, 5.74) is 2.87. The second-order valence-corrected chi connectivity index (χ2v) is 6.49. The van der Waals surface area contributed by atoms with Gasteiger partial charge in [-0.3, -0.25) is 10.1 Å². The summed E-state index contributed by atoms with van der Waals surface area (Å²) >= 11 is 7.07. The Hall–Kier alpha value is -1.54. The number of hydrogen-bond acceptors (Lipinski definition) is 2. The highest BCUT2D eigenvalue weighted by atomic mass is 127. The largest absolute Gasteiger partial charge is 0.330 e. The van der Waals surface area contributed by atoms with Crippen LogP contribution >= 0.6 is 34.8 Å². The number of nitrogens with one attached hydrogen (secondary N) is 2. The van der Waals surface area contributed by atoms with Crippen molar-refractivity contribution in [3.05, 3.63) is 62.5 Å². The first-order valence-corrected chi connectivity index (χ1v) is 8.00. The third-order valence-electron chi connectivity index (χ3n) is 3.18. The number of carbonyl (C=O) groups is 1. The number of halogens is 2. The maximum atomic E-state index is 13.7. The fourth-order valence-electron chi connectivity index (χ4n) is 1.80. The van der Waals surface area contributed by atoms with Gasteiger partial charge in [-0.25, -0.2) is 4.39 Å². The molecule has 22 heavy (non-hydrogen) atoms. The summed E-state index contributed by atoms with van der Waals surface area (Å²) in [6.07, 6.45) is 0. The van der Waals surface area contributed by atoms with E-state index in [0.29, 0.717) is 5.56 Å². The smallest absolute Gasteiger partial charge is 0.257 e. The number of benzene rings is 2. The van der Waals surface area contributed by atoms with E-state index in [0.717, 1.165) is 14.7 Å². The molecule has 2 rings (SSSR count). The minimum Gasteiger partial charge on any atom is -0.330 e. The highest BCUT2D eigenvalue weighted by Crippen LogP contribution is 2.17. The quantitative estimate of drug-likeness (QED) is 0.557. The normalized spacial score (nSPS) is 10.2. The minimum atomic E-state index is -0.422. The molecule has 0 aromatic heterocycles. The van der Waals surface area contributed by atoms with Gasteiger partial charge in [-0.2, -0.15) is 0 Å². The van der Waals surface area contributed by atoms with Crippen LogP contribution in [0.3, 0.4) is 0 Å². The van der Waals surface area contributed by atoms with Crippen LogP contribution in [0.15, 0.2) is 36.4 Å².